The summed E-state index contributed by atoms with van der Waals surface area (Å²) < 4.78 is 10.5. The molecule has 1 saturated heterocycles. The zero-order valence-corrected chi connectivity index (χ0v) is 11.5. The van der Waals surface area contributed by atoms with Crippen molar-refractivity contribution in [3.8, 4) is 0 Å². The Morgan fingerprint density at radius 3 is 2.71 bits per heavy atom. The fraction of sp³-hybridized carbons (Fsp3) is 0.917. The van der Waals surface area contributed by atoms with Crippen LogP contribution in [0, 0.1) is 5.92 Å². The summed E-state index contributed by atoms with van der Waals surface area (Å²) in [7, 11) is 1.74. The van der Waals surface area contributed by atoms with Gasteiger partial charge in [-0.15, -0.1) is 0 Å². The van der Waals surface area contributed by atoms with Gasteiger partial charge in [-0.2, -0.15) is 0 Å². The van der Waals surface area contributed by atoms with Crippen LogP contribution in [0.1, 0.15) is 19.3 Å². The molecule has 0 aromatic carbocycles. The van der Waals surface area contributed by atoms with E-state index >= 15 is 0 Å². The predicted octanol–water partition coefficient (Wildman–Crippen LogP) is 1.04. The molecule has 0 aliphatic carbocycles. The van der Waals surface area contributed by atoms with Gasteiger partial charge in [0, 0.05) is 46.4 Å². The molecule has 17 heavy (non-hydrogen) atoms. The Kier molecular flexibility index (Phi) is 7.68. The second-order valence-corrected chi connectivity index (χ2v) is 5.09. The molecule has 1 heterocycles. The highest BCUT2D eigenvalue weighted by molar-refractivity contribution is 7.80. The van der Waals surface area contributed by atoms with E-state index in [2.05, 4.69) is 4.90 Å². The van der Waals surface area contributed by atoms with Crippen LogP contribution in [0.5, 0.6) is 0 Å². The van der Waals surface area contributed by atoms with Gasteiger partial charge in [0.2, 0.25) is 0 Å². The minimum absolute atomic E-state index is 0.597. The lowest BCUT2D eigenvalue weighted by Gasteiger charge is -2.29. The molecule has 100 valence electrons. The van der Waals surface area contributed by atoms with Gasteiger partial charge in [-0.05, 0) is 18.8 Å². The van der Waals surface area contributed by atoms with E-state index in [0.29, 0.717) is 4.99 Å². The highest BCUT2D eigenvalue weighted by atomic mass is 32.1. The second-order valence-electron chi connectivity index (χ2n) is 4.57. The first-order valence-corrected chi connectivity index (χ1v) is 6.70. The minimum atomic E-state index is 0.597. The molecule has 1 rings (SSSR count). The molecule has 0 bridgehead atoms. The number of hydrogen-bond donors (Lipinski definition) is 1. The molecular formula is C12H24N2O2S. The maximum Gasteiger partial charge on any atom is 0.0740 e. The normalized spacial score (nSPS) is 17.5. The molecule has 0 aromatic rings. The average Bonchev–Trinajstić information content (AvgIpc) is 2.34. The Bertz CT molecular complexity index is 221. The molecule has 1 fully saturated rings. The average molecular weight is 260 g/mol. The molecule has 5 heteroatoms. The third-order valence-electron chi connectivity index (χ3n) is 3.14. The number of methoxy groups -OCH3 is 1. The fourth-order valence-corrected chi connectivity index (χ4v) is 2.17. The molecule has 0 radical (unpaired) electrons. The summed E-state index contributed by atoms with van der Waals surface area (Å²) in [5.41, 5.74) is 5.56. The van der Waals surface area contributed by atoms with E-state index < -0.39 is 0 Å². The van der Waals surface area contributed by atoms with E-state index in [0.717, 1.165) is 64.6 Å². The number of nitrogens with zero attached hydrogens (tertiary/aromatic N) is 1. The topological polar surface area (TPSA) is 47.7 Å². The molecule has 0 aromatic heterocycles. The van der Waals surface area contributed by atoms with Gasteiger partial charge in [0.1, 0.15) is 0 Å². The van der Waals surface area contributed by atoms with Gasteiger partial charge in [-0.3, -0.25) is 0 Å². The lowest BCUT2D eigenvalue weighted by molar-refractivity contribution is 0.0485. The van der Waals surface area contributed by atoms with Crippen molar-refractivity contribution in [2.45, 2.75) is 19.3 Å². The summed E-state index contributed by atoms with van der Waals surface area (Å²) in [6.45, 7) is 5.57. The van der Waals surface area contributed by atoms with Crippen LogP contribution < -0.4 is 5.73 Å². The quantitative estimate of drug-likeness (QED) is 0.661. The number of nitrogens with two attached hydrogens (primary N) is 1. The van der Waals surface area contributed by atoms with E-state index in [1.807, 2.05) is 0 Å². The fourth-order valence-electron chi connectivity index (χ4n) is 2.08. The minimum Gasteiger partial charge on any atom is -0.393 e. The summed E-state index contributed by atoms with van der Waals surface area (Å²) in [4.78, 5) is 3.00. The smallest absolute Gasteiger partial charge is 0.0740 e. The van der Waals surface area contributed by atoms with Crippen LogP contribution in [-0.4, -0.2) is 56.5 Å². The Morgan fingerprint density at radius 2 is 2.12 bits per heavy atom. The Balaban J connectivity index is 2.29. The summed E-state index contributed by atoms with van der Waals surface area (Å²) in [5, 5.41) is 0. The molecular weight excluding hydrogens is 236 g/mol. The number of ether oxygens (including phenoxy) is 2. The van der Waals surface area contributed by atoms with Gasteiger partial charge >= 0.3 is 0 Å². The van der Waals surface area contributed by atoms with Crippen molar-refractivity contribution in [1.82, 2.24) is 4.90 Å². The monoisotopic (exact) mass is 260 g/mol. The molecule has 1 aliphatic heterocycles. The van der Waals surface area contributed by atoms with Crippen molar-refractivity contribution in [1.29, 1.82) is 0 Å². The van der Waals surface area contributed by atoms with E-state index in [9.17, 15) is 0 Å². The van der Waals surface area contributed by atoms with E-state index in [4.69, 9.17) is 27.4 Å². The first kappa shape index (κ1) is 14.8. The molecule has 1 aliphatic rings. The summed E-state index contributed by atoms with van der Waals surface area (Å²) in [5.74, 6) is 0.743. The zero-order chi connectivity index (χ0) is 12.5. The zero-order valence-electron chi connectivity index (χ0n) is 10.7. The highest BCUT2D eigenvalue weighted by Gasteiger charge is 2.17. The van der Waals surface area contributed by atoms with Crippen LogP contribution in [0.4, 0.5) is 0 Å². The summed E-state index contributed by atoms with van der Waals surface area (Å²) >= 11 is 4.93. The van der Waals surface area contributed by atoms with Gasteiger partial charge in [0.05, 0.1) is 11.6 Å². The van der Waals surface area contributed by atoms with Crippen molar-refractivity contribution in [2.24, 2.45) is 11.7 Å². The van der Waals surface area contributed by atoms with E-state index in [-0.39, 0.29) is 0 Å². The number of thiocarbonyl (C=S) groups is 1. The second kappa shape index (κ2) is 8.80. The van der Waals surface area contributed by atoms with Gasteiger partial charge in [-0.1, -0.05) is 12.2 Å². The van der Waals surface area contributed by atoms with Crippen LogP contribution in [0.25, 0.3) is 0 Å². The first-order valence-electron chi connectivity index (χ1n) is 6.29. The van der Waals surface area contributed by atoms with Gasteiger partial charge in [0.25, 0.3) is 0 Å². The van der Waals surface area contributed by atoms with Crippen molar-refractivity contribution in [3.05, 3.63) is 0 Å². The summed E-state index contributed by atoms with van der Waals surface area (Å²) in [6.07, 6.45) is 3.12. The summed E-state index contributed by atoms with van der Waals surface area (Å²) in [6, 6.07) is 0. The van der Waals surface area contributed by atoms with Gasteiger partial charge < -0.3 is 20.1 Å². The Hall–Kier alpha value is -0.230. The third kappa shape index (κ3) is 6.93. The lowest BCUT2D eigenvalue weighted by Crippen LogP contribution is -2.36. The van der Waals surface area contributed by atoms with Crippen molar-refractivity contribution >= 4 is 17.2 Å². The molecule has 0 atom stereocenters. The van der Waals surface area contributed by atoms with Crippen LogP contribution in [0.3, 0.4) is 0 Å². The SMILES string of the molecule is COCCN(CCC(N)=S)CC1CCOCC1. The lowest BCUT2D eigenvalue weighted by atomic mass is 9.99. The van der Waals surface area contributed by atoms with Crippen molar-refractivity contribution < 1.29 is 9.47 Å². The molecule has 4 nitrogen and oxygen atoms in total. The molecule has 0 saturated carbocycles. The molecule has 0 unspecified atom stereocenters. The van der Waals surface area contributed by atoms with Crippen LogP contribution in [0.15, 0.2) is 0 Å². The van der Waals surface area contributed by atoms with Crippen molar-refractivity contribution in [3.63, 3.8) is 0 Å². The third-order valence-corrected chi connectivity index (χ3v) is 3.35. The maximum absolute atomic E-state index is 5.56. The highest BCUT2D eigenvalue weighted by Crippen LogP contribution is 2.16. The molecule has 2 N–H and O–H groups in total. The van der Waals surface area contributed by atoms with Gasteiger partial charge in [-0.25, -0.2) is 0 Å². The van der Waals surface area contributed by atoms with Crippen LogP contribution in [0.2, 0.25) is 0 Å². The Labute approximate surface area is 109 Å². The standard InChI is InChI=1S/C12H24N2O2S/c1-15-9-6-14(5-2-12(13)17)10-11-3-7-16-8-4-11/h11H,2-10H2,1H3,(H2,13,17). The number of rotatable bonds is 8. The Morgan fingerprint density at radius 1 is 1.41 bits per heavy atom. The van der Waals surface area contributed by atoms with Crippen LogP contribution in [-0.2, 0) is 9.47 Å². The largest absolute Gasteiger partial charge is 0.393 e. The van der Waals surface area contributed by atoms with E-state index in [1.54, 1.807) is 7.11 Å². The predicted molar refractivity (Wildman–Crippen MR) is 73.3 cm³/mol. The van der Waals surface area contributed by atoms with Crippen LogP contribution >= 0.6 is 12.2 Å². The number of hydrogen-bond acceptors (Lipinski definition) is 4. The van der Waals surface area contributed by atoms with Gasteiger partial charge in [0.15, 0.2) is 0 Å². The first-order chi connectivity index (χ1) is 8.22. The van der Waals surface area contributed by atoms with Crippen molar-refractivity contribution in [2.75, 3.05) is 46.6 Å². The molecule has 0 spiro atoms. The maximum atomic E-state index is 5.56. The van der Waals surface area contributed by atoms with E-state index in [1.165, 1.54) is 0 Å². The molecule has 0 amide bonds.